The molecule has 2 aliphatic rings. The fourth-order valence-corrected chi connectivity index (χ4v) is 4.74. The molecular formula is C22H26ClN5O4. The van der Waals surface area contributed by atoms with Crippen LogP contribution in [0.1, 0.15) is 38.2 Å². The van der Waals surface area contributed by atoms with Crippen molar-refractivity contribution in [1.82, 2.24) is 9.97 Å². The number of carbonyl (C=O) groups excluding carboxylic acids is 2. The molecule has 0 aliphatic carbocycles. The molecule has 1 aromatic carbocycles. The van der Waals surface area contributed by atoms with Crippen LogP contribution in [0, 0.1) is 11.8 Å². The van der Waals surface area contributed by atoms with Gasteiger partial charge in [-0.1, -0.05) is 25.4 Å². The van der Waals surface area contributed by atoms with E-state index in [1.54, 1.807) is 18.2 Å². The summed E-state index contributed by atoms with van der Waals surface area (Å²) in [6.07, 6.45) is 0.946. The van der Waals surface area contributed by atoms with Gasteiger partial charge in [-0.05, 0) is 36.5 Å². The zero-order valence-corrected chi connectivity index (χ0v) is 19.0. The van der Waals surface area contributed by atoms with Gasteiger partial charge in [0.2, 0.25) is 17.8 Å². The van der Waals surface area contributed by atoms with Crippen LogP contribution >= 0.6 is 11.6 Å². The maximum atomic E-state index is 13.1. The number of ether oxygens (including phenoxy) is 1. The van der Waals surface area contributed by atoms with Crippen molar-refractivity contribution in [3.63, 3.8) is 0 Å². The van der Waals surface area contributed by atoms with Crippen LogP contribution in [0.25, 0.3) is 0 Å². The van der Waals surface area contributed by atoms with Gasteiger partial charge in [-0.2, -0.15) is 4.98 Å². The molecule has 0 spiro atoms. The van der Waals surface area contributed by atoms with Gasteiger partial charge in [0.15, 0.2) is 0 Å². The van der Waals surface area contributed by atoms with E-state index in [0.29, 0.717) is 34.2 Å². The van der Waals surface area contributed by atoms with Crippen molar-refractivity contribution < 1.29 is 14.3 Å². The third-order valence-corrected chi connectivity index (χ3v) is 6.08. The quantitative estimate of drug-likeness (QED) is 0.647. The van der Waals surface area contributed by atoms with Gasteiger partial charge < -0.3 is 20.3 Å². The van der Waals surface area contributed by atoms with E-state index < -0.39 is 17.4 Å². The third-order valence-electron chi connectivity index (χ3n) is 5.84. The second-order valence-electron chi connectivity index (χ2n) is 8.64. The summed E-state index contributed by atoms with van der Waals surface area (Å²) >= 11 is 6.04. The van der Waals surface area contributed by atoms with Gasteiger partial charge in [0.25, 0.3) is 5.56 Å². The first kappa shape index (κ1) is 22.1. The Labute approximate surface area is 190 Å². The van der Waals surface area contributed by atoms with Crippen molar-refractivity contribution in [3.8, 4) is 5.75 Å². The second kappa shape index (κ2) is 8.82. The molecule has 0 radical (unpaired) electrons. The van der Waals surface area contributed by atoms with Crippen LogP contribution in [0.5, 0.6) is 5.75 Å². The summed E-state index contributed by atoms with van der Waals surface area (Å²) in [7, 11) is 1.47. The number of H-pyrrole nitrogens is 1. The molecule has 2 aromatic rings. The standard InChI is InChI=1S/C22H26ClN5O4/c1-11-6-12(2)10-28(9-11)22-26-19-18(21(31)27-22)14(8-17(29)25-19)20(30)24-15-7-13(23)4-5-16(15)32-3/h4-5,7,11-12,14H,6,8-10H2,1-3H3,(H,24,30)(H2,25,26,27,29,31)/t11-,12+,14-/m1/s1. The number of piperidine rings is 1. The summed E-state index contributed by atoms with van der Waals surface area (Å²) in [5.74, 6) is -0.0103. The summed E-state index contributed by atoms with van der Waals surface area (Å²) in [5.41, 5.74) is 0.0638. The molecule has 1 fully saturated rings. The average molecular weight is 460 g/mol. The van der Waals surface area contributed by atoms with Crippen molar-refractivity contribution in [3.05, 3.63) is 39.1 Å². The van der Waals surface area contributed by atoms with Gasteiger partial charge in [0, 0.05) is 24.5 Å². The summed E-state index contributed by atoms with van der Waals surface area (Å²) in [4.78, 5) is 47.9. The highest BCUT2D eigenvalue weighted by molar-refractivity contribution is 6.31. The molecule has 0 saturated carbocycles. The lowest BCUT2D eigenvalue weighted by molar-refractivity contribution is -0.123. The zero-order chi connectivity index (χ0) is 23.0. The molecule has 3 N–H and O–H groups in total. The van der Waals surface area contributed by atoms with E-state index in [0.717, 1.165) is 19.5 Å². The first-order valence-corrected chi connectivity index (χ1v) is 11.0. The Morgan fingerprint density at radius 1 is 1.25 bits per heavy atom. The molecule has 10 heteroatoms. The summed E-state index contributed by atoms with van der Waals surface area (Å²) in [6, 6.07) is 4.81. The number of carbonyl (C=O) groups is 2. The number of nitrogens with one attached hydrogen (secondary N) is 3. The van der Waals surface area contributed by atoms with Crippen LogP contribution < -0.4 is 25.8 Å². The van der Waals surface area contributed by atoms with Crippen LogP contribution in [-0.4, -0.2) is 42.0 Å². The fraction of sp³-hybridized carbons (Fsp3) is 0.455. The van der Waals surface area contributed by atoms with Crippen LogP contribution in [0.2, 0.25) is 5.02 Å². The Balaban J connectivity index is 1.66. The Hall–Kier alpha value is -3.07. The van der Waals surface area contributed by atoms with Crippen molar-refractivity contribution in [2.45, 2.75) is 32.6 Å². The van der Waals surface area contributed by atoms with Crippen LogP contribution in [0.15, 0.2) is 23.0 Å². The second-order valence-corrected chi connectivity index (χ2v) is 9.08. The number of benzene rings is 1. The maximum absolute atomic E-state index is 13.1. The number of hydrogen-bond donors (Lipinski definition) is 3. The number of rotatable bonds is 4. The van der Waals surface area contributed by atoms with E-state index >= 15 is 0 Å². The smallest absolute Gasteiger partial charge is 0.258 e. The third kappa shape index (κ3) is 4.43. The summed E-state index contributed by atoms with van der Waals surface area (Å²) < 4.78 is 5.26. The van der Waals surface area contributed by atoms with E-state index in [-0.39, 0.29) is 23.7 Å². The van der Waals surface area contributed by atoms with Gasteiger partial charge in [0.1, 0.15) is 11.6 Å². The Kier molecular flexibility index (Phi) is 6.10. The minimum atomic E-state index is -0.994. The zero-order valence-electron chi connectivity index (χ0n) is 18.2. The molecular weight excluding hydrogens is 434 g/mol. The number of anilines is 3. The lowest BCUT2D eigenvalue weighted by Gasteiger charge is -2.35. The van der Waals surface area contributed by atoms with E-state index in [4.69, 9.17) is 16.3 Å². The highest BCUT2D eigenvalue weighted by Crippen LogP contribution is 2.33. The van der Waals surface area contributed by atoms with Gasteiger partial charge in [-0.25, -0.2) is 0 Å². The van der Waals surface area contributed by atoms with E-state index in [1.165, 1.54) is 7.11 Å². The number of nitrogens with zero attached hydrogens (tertiary/aromatic N) is 2. The molecule has 9 nitrogen and oxygen atoms in total. The van der Waals surface area contributed by atoms with Crippen LogP contribution in [0.3, 0.4) is 0 Å². The number of amides is 2. The normalized spacial score (nSPS) is 22.7. The average Bonchev–Trinajstić information content (AvgIpc) is 2.72. The highest BCUT2D eigenvalue weighted by atomic mass is 35.5. The molecule has 1 aromatic heterocycles. The van der Waals surface area contributed by atoms with Crippen LogP contribution in [-0.2, 0) is 9.59 Å². The predicted octanol–water partition coefficient (Wildman–Crippen LogP) is 2.98. The highest BCUT2D eigenvalue weighted by Gasteiger charge is 2.36. The molecule has 3 heterocycles. The molecule has 2 aliphatic heterocycles. The fourth-order valence-electron chi connectivity index (χ4n) is 4.57. The van der Waals surface area contributed by atoms with E-state index in [1.807, 2.05) is 4.90 Å². The van der Waals surface area contributed by atoms with Gasteiger partial charge in [-0.15, -0.1) is 0 Å². The Morgan fingerprint density at radius 2 is 1.97 bits per heavy atom. The lowest BCUT2D eigenvalue weighted by Crippen LogP contribution is -2.42. The summed E-state index contributed by atoms with van der Waals surface area (Å²) in [6.45, 7) is 5.84. The van der Waals surface area contributed by atoms with Gasteiger partial charge in [0.05, 0.1) is 24.3 Å². The maximum Gasteiger partial charge on any atom is 0.258 e. The summed E-state index contributed by atoms with van der Waals surface area (Å²) in [5, 5.41) is 5.81. The van der Waals surface area contributed by atoms with Crippen molar-refractivity contribution >= 4 is 40.9 Å². The van der Waals surface area contributed by atoms with Crippen molar-refractivity contribution in [1.29, 1.82) is 0 Å². The molecule has 2 amide bonds. The number of fused-ring (bicyclic) bond motifs is 1. The first-order chi connectivity index (χ1) is 15.2. The number of aromatic nitrogens is 2. The van der Waals surface area contributed by atoms with Gasteiger partial charge >= 0.3 is 0 Å². The number of halogens is 1. The molecule has 170 valence electrons. The molecule has 1 saturated heterocycles. The largest absolute Gasteiger partial charge is 0.495 e. The number of hydrogen-bond acceptors (Lipinski definition) is 6. The predicted molar refractivity (Wildman–Crippen MR) is 123 cm³/mol. The topological polar surface area (TPSA) is 116 Å². The Bertz CT molecular complexity index is 1110. The molecule has 0 bridgehead atoms. The van der Waals surface area contributed by atoms with Crippen molar-refractivity contribution in [2.24, 2.45) is 11.8 Å². The molecule has 4 rings (SSSR count). The molecule has 32 heavy (non-hydrogen) atoms. The number of aromatic amines is 1. The van der Waals surface area contributed by atoms with Crippen LogP contribution in [0.4, 0.5) is 17.5 Å². The SMILES string of the molecule is COc1ccc(Cl)cc1NC(=O)[C@@H]1CC(=O)Nc2nc(N3C[C@H](C)C[C@H](C)C3)[nH]c(=O)c21. The molecule has 0 unspecified atom stereocenters. The van der Waals surface area contributed by atoms with E-state index in [9.17, 15) is 14.4 Å². The Morgan fingerprint density at radius 3 is 2.66 bits per heavy atom. The van der Waals surface area contributed by atoms with E-state index in [2.05, 4.69) is 34.4 Å². The van der Waals surface area contributed by atoms with Crippen molar-refractivity contribution in [2.75, 3.05) is 35.7 Å². The first-order valence-electron chi connectivity index (χ1n) is 10.6. The van der Waals surface area contributed by atoms with Gasteiger partial charge in [-0.3, -0.25) is 19.4 Å². The number of methoxy groups -OCH3 is 1. The minimum absolute atomic E-state index is 0.129. The minimum Gasteiger partial charge on any atom is -0.495 e. The monoisotopic (exact) mass is 459 g/mol. The lowest BCUT2D eigenvalue weighted by atomic mass is 9.91. The molecule has 3 atom stereocenters.